The average Bonchev–Trinajstić information content (AvgIpc) is 3.07. The molecule has 1 saturated heterocycles. The van der Waals surface area contributed by atoms with E-state index in [2.05, 4.69) is 20.8 Å². The fraction of sp³-hybridized carbons (Fsp3) is 0.200. The van der Waals surface area contributed by atoms with E-state index in [1.165, 1.54) is 11.8 Å². The molecule has 0 saturated carbocycles. The Bertz CT molecular complexity index is 944. The first-order valence-electron chi connectivity index (χ1n) is 8.74. The van der Waals surface area contributed by atoms with Crippen molar-refractivity contribution in [3.05, 3.63) is 54.1 Å². The zero-order chi connectivity index (χ0) is 20.6. The lowest BCUT2D eigenvalue weighted by Gasteiger charge is -2.08. The van der Waals surface area contributed by atoms with Crippen molar-refractivity contribution in [3.8, 4) is 11.5 Å². The Hall–Kier alpha value is -3.33. The molecule has 1 aliphatic heterocycles. The SMILES string of the molecule is COc1ccc(/C=N/N=C2\NC(=O)C(CC(=O)Nc3cccc(OC)c3)S2)cc1. The van der Waals surface area contributed by atoms with Crippen molar-refractivity contribution in [2.24, 2.45) is 10.2 Å². The van der Waals surface area contributed by atoms with Crippen LogP contribution in [0.5, 0.6) is 11.5 Å². The number of methoxy groups -OCH3 is 2. The monoisotopic (exact) mass is 412 g/mol. The molecule has 8 nitrogen and oxygen atoms in total. The lowest BCUT2D eigenvalue weighted by molar-refractivity contribution is -0.122. The topological polar surface area (TPSA) is 101 Å². The van der Waals surface area contributed by atoms with Gasteiger partial charge in [0, 0.05) is 18.2 Å². The molecule has 0 aliphatic carbocycles. The Morgan fingerprint density at radius 1 is 1.17 bits per heavy atom. The lowest BCUT2D eigenvalue weighted by Crippen LogP contribution is -2.28. The Morgan fingerprint density at radius 3 is 2.66 bits per heavy atom. The van der Waals surface area contributed by atoms with E-state index in [0.29, 0.717) is 16.6 Å². The van der Waals surface area contributed by atoms with Gasteiger partial charge in [-0.1, -0.05) is 17.8 Å². The molecule has 9 heteroatoms. The molecular formula is C20H20N4O4S. The summed E-state index contributed by atoms with van der Waals surface area (Å²) in [7, 11) is 3.15. The summed E-state index contributed by atoms with van der Waals surface area (Å²) in [5.74, 6) is 0.852. The fourth-order valence-corrected chi connectivity index (χ4v) is 3.43. The maximum Gasteiger partial charge on any atom is 0.240 e. The van der Waals surface area contributed by atoms with Gasteiger partial charge in [-0.05, 0) is 42.0 Å². The highest BCUT2D eigenvalue weighted by Gasteiger charge is 2.32. The van der Waals surface area contributed by atoms with Crippen molar-refractivity contribution >= 4 is 40.6 Å². The number of anilines is 1. The summed E-state index contributed by atoms with van der Waals surface area (Å²) < 4.78 is 10.2. The van der Waals surface area contributed by atoms with Gasteiger partial charge in [0.25, 0.3) is 0 Å². The van der Waals surface area contributed by atoms with E-state index >= 15 is 0 Å². The molecule has 1 heterocycles. The summed E-state index contributed by atoms with van der Waals surface area (Å²) in [5.41, 5.74) is 1.45. The lowest BCUT2D eigenvalue weighted by atomic mass is 10.2. The van der Waals surface area contributed by atoms with Crippen LogP contribution >= 0.6 is 11.8 Å². The summed E-state index contributed by atoms with van der Waals surface area (Å²) in [6.45, 7) is 0. The van der Waals surface area contributed by atoms with Crippen molar-refractivity contribution in [1.29, 1.82) is 0 Å². The van der Waals surface area contributed by atoms with E-state index in [9.17, 15) is 9.59 Å². The third kappa shape index (κ3) is 5.82. The molecule has 1 aliphatic rings. The molecule has 2 aromatic rings. The molecule has 29 heavy (non-hydrogen) atoms. The molecular weight excluding hydrogens is 392 g/mol. The minimum atomic E-state index is -0.560. The van der Waals surface area contributed by atoms with Crippen LogP contribution in [0.1, 0.15) is 12.0 Å². The van der Waals surface area contributed by atoms with Crippen molar-refractivity contribution < 1.29 is 19.1 Å². The Labute approximate surface area is 172 Å². The van der Waals surface area contributed by atoms with Crippen LogP contribution in [0.25, 0.3) is 0 Å². The first-order valence-corrected chi connectivity index (χ1v) is 9.62. The predicted octanol–water partition coefficient (Wildman–Crippen LogP) is 2.65. The number of carbonyl (C=O) groups is 2. The van der Waals surface area contributed by atoms with E-state index in [1.807, 2.05) is 24.3 Å². The normalized spacial score (nSPS) is 17.4. The van der Waals surface area contributed by atoms with Crippen LogP contribution in [0.2, 0.25) is 0 Å². The quantitative estimate of drug-likeness (QED) is 0.538. The minimum Gasteiger partial charge on any atom is -0.497 e. The van der Waals surface area contributed by atoms with Crippen LogP contribution < -0.4 is 20.1 Å². The summed E-state index contributed by atoms with van der Waals surface area (Å²) >= 11 is 1.18. The zero-order valence-electron chi connectivity index (χ0n) is 15.9. The summed E-state index contributed by atoms with van der Waals surface area (Å²) in [6.07, 6.45) is 1.59. The first-order chi connectivity index (χ1) is 14.1. The molecule has 2 amide bonds. The highest BCUT2D eigenvalue weighted by atomic mass is 32.2. The second kappa shape index (κ2) is 9.74. The summed E-state index contributed by atoms with van der Waals surface area (Å²) in [5, 5.41) is 13.2. The molecule has 0 radical (unpaired) electrons. The minimum absolute atomic E-state index is 0.0227. The molecule has 1 unspecified atom stereocenters. The van der Waals surface area contributed by atoms with Gasteiger partial charge in [-0.25, -0.2) is 0 Å². The number of hydrogen-bond donors (Lipinski definition) is 2. The summed E-state index contributed by atoms with van der Waals surface area (Å²) in [6, 6.07) is 14.3. The number of amides is 2. The van der Waals surface area contributed by atoms with Gasteiger partial charge in [-0.3, -0.25) is 9.59 Å². The fourth-order valence-electron chi connectivity index (χ4n) is 2.51. The molecule has 1 atom stereocenters. The molecule has 150 valence electrons. The zero-order valence-corrected chi connectivity index (χ0v) is 16.7. The maximum atomic E-state index is 12.2. The van der Waals surface area contributed by atoms with Crippen molar-refractivity contribution in [2.45, 2.75) is 11.7 Å². The Kier molecular flexibility index (Phi) is 6.85. The first kappa shape index (κ1) is 20.4. The van der Waals surface area contributed by atoms with Crippen LogP contribution in [0.3, 0.4) is 0 Å². The highest BCUT2D eigenvalue weighted by Crippen LogP contribution is 2.24. The number of ether oxygens (including phenoxy) is 2. The van der Waals surface area contributed by atoms with E-state index < -0.39 is 5.25 Å². The average molecular weight is 412 g/mol. The van der Waals surface area contributed by atoms with Crippen molar-refractivity contribution in [3.63, 3.8) is 0 Å². The molecule has 2 aromatic carbocycles. The number of nitrogens with one attached hydrogen (secondary N) is 2. The molecule has 0 bridgehead atoms. The number of rotatable bonds is 7. The third-order valence-electron chi connectivity index (χ3n) is 3.97. The van der Waals surface area contributed by atoms with Crippen molar-refractivity contribution in [2.75, 3.05) is 19.5 Å². The second-order valence-corrected chi connectivity index (χ2v) is 7.19. The predicted molar refractivity (Wildman–Crippen MR) is 114 cm³/mol. The van der Waals surface area contributed by atoms with Gasteiger partial charge >= 0.3 is 0 Å². The highest BCUT2D eigenvalue weighted by molar-refractivity contribution is 8.15. The number of thioether (sulfide) groups is 1. The smallest absolute Gasteiger partial charge is 0.240 e. The van der Waals surface area contributed by atoms with Gasteiger partial charge in [0.1, 0.15) is 16.7 Å². The van der Waals surface area contributed by atoms with E-state index in [1.54, 1.807) is 44.7 Å². The van der Waals surface area contributed by atoms with Gasteiger partial charge in [-0.2, -0.15) is 5.10 Å². The van der Waals surface area contributed by atoms with Crippen LogP contribution in [-0.2, 0) is 9.59 Å². The molecule has 1 fully saturated rings. The Balaban J connectivity index is 1.54. The van der Waals surface area contributed by atoms with Crippen LogP contribution in [-0.4, -0.2) is 42.7 Å². The Morgan fingerprint density at radius 2 is 1.93 bits per heavy atom. The summed E-state index contributed by atoms with van der Waals surface area (Å²) in [4.78, 5) is 24.3. The number of benzene rings is 2. The maximum absolute atomic E-state index is 12.2. The molecule has 0 aromatic heterocycles. The largest absolute Gasteiger partial charge is 0.497 e. The van der Waals surface area contributed by atoms with Crippen molar-refractivity contribution in [1.82, 2.24) is 5.32 Å². The van der Waals surface area contributed by atoms with E-state index in [-0.39, 0.29) is 18.2 Å². The molecule has 0 spiro atoms. The number of amidine groups is 1. The standard InChI is InChI=1S/C20H20N4O4S/c1-27-15-8-6-13(7-9-15)12-21-24-20-23-19(26)17(29-20)11-18(25)22-14-4-3-5-16(10-14)28-2/h3-10,12,17H,11H2,1-2H3,(H,22,25)(H,23,24,26)/b21-12+. The third-order valence-corrected chi connectivity index (χ3v) is 5.04. The van der Waals surface area contributed by atoms with E-state index in [0.717, 1.165) is 11.3 Å². The van der Waals surface area contributed by atoms with Gasteiger partial charge in [0.2, 0.25) is 11.8 Å². The number of carbonyl (C=O) groups excluding carboxylic acids is 2. The van der Waals surface area contributed by atoms with E-state index in [4.69, 9.17) is 9.47 Å². The molecule has 2 N–H and O–H groups in total. The number of nitrogens with zero attached hydrogens (tertiary/aromatic N) is 2. The van der Waals surface area contributed by atoms with Gasteiger partial charge < -0.3 is 20.1 Å². The van der Waals surface area contributed by atoms with Gasteiger partial charge in [0.15, 0.2) is 5.17 Å². The van der Waals surface area contributed by atoms with Crippen LogP contribution in [0.4, 0.5) is 5.69 Å². The number of hydrogen-bond acceptors (Lipinski definition) is 7. The molecule has 3 rings (SSSR count). The second-order valence-electron chi connectivity index (χ2n) is 6.00. The van der Waals surface area contributed by atoms with Crippen LogP contribution in [0.15, 0.2) is 58.7 Å². The van der Waals surface area contributed by atoms with Gasteiger partial charge in [0.05, 0.1) is 20.4 Å². The van der Waals surface area contributed by atoms with Gasteiger partial charge in [-0.15, -0.1) is 5.10 Å². The van der Waals surface area contributed by atoms with Crippen LogP contribution in [0, 0.1) is 0 Å².